The Kier molecular flexibility index (Phi) is 4.80. The second-order valence-corrected chi connectivity index (χ2v) is 8.32. The number of carbonyl (C=O) groups is 1. The number of esters is 1. The SMILES string of the molecule is COc1ccc2c(COC(=O)C[C@@H]3CCS(=O)(=O)C3)cc(=O)oc2c1. The number of methoxy groups -OCH3 is 1. The van der Waals surface area contributed by atoms with E-state index < -0.39 is 21.4 Å². The molecule has 1 atom stereocenters. The van der Waals surface area contributed by atoms with Crippen molar-refractivity contribution < 1.29 is 27.1 Å². The van der Waals surface area contributed by atoms with E-state index in [9.17, 15) is 18.0 Å². The maximum Gasteiger partial charge on any atom is 0.336 e. The van der Waals surface area contributed by atoms with Crippen LogP contribution in [0.25, 0.3) is 11.0 Å². The Hall–Kier alpha value is -2.35. The summed E-state index contributed by atoms with van der Waals surface area (Å²) in [4.78, 5) is 23.7. The van der Waals surface area contributed by atoms with Gasteiger partial charge < -0.3 is 13.9 Å². The molecule has 1 fully saturated rings. The summed E-state index contributed by atoms with van der Waals surface area (Å²) in [5.41, 5.74) is 0.328. The van der Waals surface area contributed by atoms with Crippen molar-refractivity contribution >= 4 is 26.8 Å². The molecular formula is C17H18O7S. The molecular weight excluding hydrogens is 348 g/mol. The first-order valence-corrected chi connectivity index (χ1v) is 9.65. The number of rotatable bonds is 5. The van der Waals surface area contributed by atoms with Crippen molar-refractivity contribution in [1.82, 2.24) is 0 Å². The van der Waals surface area contributed by atoms with Crippen LogP contribution in [0.1, 0.15) is 18.4 Å². The maximum absolute atomic E-state index is 12.0. The second kappa shape index (κ2) is 6.87. The van der Waals surface area contributed by atoms with Crippen LogP contribution < -0.4 is 10.4 Å². The lowest BCUT2D eigenvalue weighted by molar-refractivity contribution is -0.145. The van der Waals surface area contributed by atoms with E-state index >= 15 is 0 Å². The van der Waals surface area contributed by atoms with E-state index in [1.807, 2.05) is 0 Å². The zero-order valence-electron chi connectivity index (χ0n) is 13.7. The molecule has 7 nitrogen and oxygen atoms in total. The number of hydrogen-bond acceptors (Lipinski definition) is 7. The summed E-state index contributed by atoms with van der Waals surface area (Å²) in [5.74, 6) is 0.0280. The molecule has 0 N–H and O–H groups in total. The monoisotopic (exact) mass is 366 g/mol. The van der Waals surface area contributed by atoms with E-state index in [1.165, 1.54) is 13.2 Å². The van der Waals surface area contributed by atoms with Gasteiger partial charge in [0, 0.05) is 29.5 Å². The third kappa shape index (κ3) is 4.19. The highest BCUT2D eigenvalue weighted by Crippen LogP contribution is 2.24. The van der Waals surface area contributed by atoms with Gasteiger partial charge in [0.1, 0.15) is 17.9 Å². The molecule has 0 spiro atoms. The summed E-state index contributed by atoms with van der Waals surface area (Å²) >= 11 is 0. The van der Waals surface area contributed by atoms with Crippen LogP contribution in [-0.2, 0) is 26.0 Å². The van der Waals surface area contributed by atoms with Gasteiger partial charge in [0.05, 0.1) is 18.6 Å². The van der Waals surface area contributed by atoms with Crippen LogP contribution >= 0.6 is 0 Å². The first-order valence-electron chi connectivity index (χ1n) is 7.83. The fourth-order valence-electron chi connectivity index (χ4n) is 2.94. The Morgan fingerprint density at radius 3 is 2.80 bits per heavy atom. The molecule has 1 aromatic carbocycles. The highest BCUT2D eigenvalue weighted by atomic mass is 32.2. The summed E-state index contributed by atoms with van der Waals surface area (Å²) in [5, 5.41) is 0.650. The molecule has 0 amide bonds. The van der Waals surface area contributed by atoms with E-state index in [4.69, 9.17) is 13.9 Å². The summed E-state index contributed by atoms with van der Waals surface area (Å²) < 4.78 is 38.3. The van der Waals surface area contributed by atoms with Gasteiger partial charge in [0.25, 0.3) is 0 Å². The van der Waals surface area contributed by atoms with Crippen molar-refractivity contribution in [2.45, 2.75) is 19.4 Å². The Morgan fingerprint density at radius 2 is 2.12 bits per heavy atom. The fraction of sp³-hybridized carbons (Fsp3) is 0.412. The van der Waals surface area contributed by atoms with Crippen molar-refractivity contribution in [2.24, 2.45) is 5.92 Å². The predicted octanol–water partition coefficient (Wildman–Crippen LogP) is 1.67. The average Bonchev–Trinajstić information content (AvgIpc) is 2.90. The van der Waals surface area contributed by atoms with Gasteiger partial charge in [-0.05, 0) is 24.5 Å². The van der Waals surface area contributed by atoms with Crippen molar-refractivity contribution in [1.29, 1.82) is 0 Å². The summed E-state index contributed by atoms with van der Waals surface area (Å²) in [6.45, 7) is -0.0767. The van der Waals surface area contributed by atoms with Crippen LogP contribution in [0, 0.1) is 5.92 Å². The lowest BCUT2D eigenvalue weighted by atomic mass is 10.1. The van der Waals surface area contributed by atoms with Gasteiger partial charge >= 0.3 is 11.6 Å². The third-order valence-electron chi connectivity index (χ3n) is 4.21. The van der Waals surface area contributed by atoms with Crippen molar-refractivity contribution in [3.8, 4) is 5.75 Å². The van der Waals surface area contributed by atoms with E-state index in [-0.39, 0.29) is 30.5 Å². The highest BCUT2D eigenvalue weighted by molar-refractivity contribution is 7.91. The van der Waals surface area contributed by atoms with Crippen LogP contribution in [-0.4, -0.2) is 33.0 Å². The van der Waals surface area contributed by atoms with E-state index in [0.29, 0.717) is 28.7 Å². The van der Waals surface area contributed by atoms with Crippen molar-refractivity contribution in [2.75, 3.05) is 18.6 Å². The molecule has 1 saturated heterocycles. The molecule has 2 aromatic rings. The van der Waals surface area contributed by atoms with E-state index in [0.717, 1.165) is 0 Å². The van der Waals surface area contributed by atoms with E-state index in [1.54, 1.807) is 18.2 Å². The van der Waals surface area contributed by atoms with Gasteiger partial charge in [0.15, 0.2) is 9.84 Å². The van der Waals surface area contributed by atoms with Crippen LogP contribution in [0.3, 0.4) is 0 Å². The number of ether oxygens (including phenoxy) is 2. The topological polar surface area (TPSA) is 99.9 Å². The Bertz CT molecular complexity index is 959. The normalized spacial score (nSPS) is 19.0. The summed E-state index contributed by atoms with van der Waals surface area (Å²) in [6.07, 6.45) is 0.543. The largest absolute Gasteiger partial charge is 0.497 e. The van der Waals surface area contributed by atoms with Crippen LogP contribution in [0.4, 0.5) is 0 Å². The number of fused-ring (bicyclic) bond motifs is 1. The fourth-order valence-corrected chi connectivity index (χ4v) is 4.80. The average molecular weight is 366 g/mol. The first-order chi connectivity index (χ1) is 11.9. The number of carbonyl (C=O) groups excluding carboxylic acids is 1. The molecule has 0 aliphatic carbocycles. The maximum atomic E-state index is 12.0. The zero-order valence-corrected chi connectivity index (χ0v) is 14.5. The van der Waals surface area contributed by atoms with Gasteiger partial charge in [-0.1, -0.05) is 0 Å². The number of hydrogen-bond donors (Lipinski definition) is 0. The van der Waals surface area contributed by atoms with Gasteiger partial charge in [-0.2, -0.15) is 0 Å². The molecule has 8 heteroatoms. The second-order valence-electron chi connectivity index (χ2n) is 6.09. The van der Waals surface area contributed by atoms with E-state index in [2.05, 4.69) is 0 Å². The Balaban J connectivity index is 1.70. The molecule has 3 rings (SSSR count). The lowest BCUT2D eigenvalue weighted by Crippen LogP contribution is -2.13. The zero-order chi connectivity index (χ0) is 18.0. The number of benzene rings is 1. The van der Waals surface area contributed by atoms with Gasteiger partial charge in [-0.3, -0.25) is 4.79 Å². The van der Waals surface area contributed by atoms with Crippen molar-refractivity contribution in [3.63, 3.8) is 0 Å². The van der Waals surface area contributed by atoms with Gasteiger partial charge in [-0.15, -0.1) is 0 Å². The molecule has 2 heterocycles. The molecule has 25 heavy (non-hydrogen) atoms. The molecule has 1 aliphatic heterocycles. The Labute approximate surface area is 144 Å². The summed E-state index contributed by atoms with van der Waals surface area (Å²) in [7, 11) is -1.51. The predicted molar refractivity (Wildman–Crippen MR) is 90.2 cm³/mol. The minimum Gasteiger partial charge on any atom is -0.497 e. The van der Waals surface area contributed by atoms with Gasteiger partial charge in [-0.25, -0.2) is 13.2 Å². The molecule has 1 aliphatic rings. The third-order valence-corrected chi connectivity index (χ3v) is 6.05. The van der Waals surface area contributed by atoms with Crippen LogP contribution in [0.15, 0.2) is 33.5 Å². The quantitative estimate of drug-likeness (QED) is 0.586. The summed E-state index contributed by atoms with van der Waals surface area (Å²) in [6, 6.07) is 6.31. The molecule has 0 bridgehead atoms. The van der Waals surface area contributed by atoms with Crippen LogP contribution in [0.2, 0.25) is 0 Å². The molecule has 0 unspecified atom stereocenters. The minimum atomic E-state index is -3.02. The molecule has 0 saturated carbocycles. The van der Waals surface area contributed by atoms with Crippen LogP contribution in [0.5, 0.6) is 5.75 Å². The molecule has 134 valence electrons. The van der Waals surface area contributed by atoms with Gasteiger partial charge in [0.2, 0.25) is 0 Å². The number of sulfone groups is 1. The smallest absolute Gasteiger partial charge is 0.336 e. The highest BCUT2D eigenvalue weighted by Gasteiger charge is 2.29. The van der Waals surface area contributed by atoms with Crippen molar-refractivity contribution in [3.05, 3.63) is 40.2 Å². The molecule has 0 radical (unpaired) electrons. The minimum absolute atomic E-state index is 0.0275. The lowest BCUT2D eigenvalue weighted by Gasteiger charge is -2.10. The Morgan fingerprint density at radius 1 is 1.32 bits per heavy atom. The first kappa shape index (κ1) is 17.5. The standard InChI is InChI=1S/C17H18O7S/c1-22-13-2-3-14-12(7-17(19)24-15(14)8-13)9-23-16(18)6-11-4-5-25(20,21)10-11/h2-3,7-8,11H,4-6,9-10H2,1H3/t11-/m0/s1. The molecule has 1 aromatic heterocycles.